The number of amides is 1. The van der Waals surface area contributed by atoms with Crippen molar-refractivity contribution in [2.75, 3.05) is 11.5 Å². The standard InChI is InChI=1S/C29H36N4O3S/c1-3-37(35,36)24-10-6-4-8-21(12-13-24)16-28(34)32-23-9-5-7-11-25-22(17-23)18-27(33-29(25)30)26-19-31-15-14-20(26)2/h9,11,14-19,24H,3-8,10,12-13H2,1-2H3,(H2,30,33)(H,32,34)/b21-16+,22-17-,23-9+,25-11+. The van der Waals surface area contributed by atoms with Crippen molar-refractivity contribution >= 4 is 33.7 Å². The Morgan fingerprint density at radius 2 is 2.00 bits per heavy atom. The highest BCUT2D eigenvalue weighted by Gasteiger charge is 2.25. The van der Waals surface area contributed by atoms with Gasteiger partial charge in [-0.25, -0.2) is 13.4 Å². The van der Waals surface area contributed by atoms with Gasteiger partial charge >= 0.3 is 0 Å². The first-order valence-corrected chi connectivity index (χ1v) is 14.8. The molecule has 7 nitrogen and oxygen atoms in total. The molecule has 1 unspecified atom stereocenters. The number of pyridine rings is 2. The van der Waals surface area contributed by atoms with Crippen LogP contribution in [0.1, 0.15) is 63.9 Å². The number of nitrogens with zero attached hydrogens (tertiary/aromatic N) is 2. The quantitative estimate of drug-likeness (QED) is 0.584. The fourth-order valence-corrected chi connectivity index (χ4v) is 6.50. The molecular formula is C29H36N4O3S. The predicted molar refractivity (Wildman–Crippen MR) is 149 cm³/mol. The monoisotopic (exact) mass is 520 g/mol. The molecule has 0 saturated heterocycles. The SMILES string of the molecule is CCS(=O)(=O)C1CCCC/C(=C\C(=O)NC2=C\CC/C=c3/c(N)nc(-c4cnccc4C)c/c3=C/2)CC1. The molecule has 2 aliphatic carbocycles. The lowest BCUT2D eigenvalue weighted by Crippen LogP contribution is -2.32. The fourth-order valence-electron chi connectivity index (χ4n) is 5.03. The number of carbonyl (C=O) groups is 1. The second-order valence-corrected chi connectivity index (χ2v) is 12.4. The number of nitrogen functional groups attached to an aromatic ring is 1. The largest absolute Gasteiger partial charge is 0.383 e. The van der Waals surface area contributed by atoms with Gasteiger partial charge in [-0.15, -0.1) is 0 Å². The molecule has 2 heterocycles. The maximum Gasteiger partial charge on any atom is 0.248 e. The number of nitrogens with one attached hydrogen (secondary N) is 1. The number of allylic oxidation sites excluding steroid dienone is 3. The first-order chi connectivity index (χ1) is 17.8. The summed E-state index contributed by atoms with van der Waals surface area (Å²) in [7, 11) is -3.07. The van der Waals surface area contributed by atoms with E-state index in [4.69, 9.17) is 5.73 Å². The zero-order chi connectivity index (χ0) is 26.4. The third-order valence-electron chi connectivity index (χ3n) is 7.20. The highest BCUT2D eigenvalue weighted by atomic mass is 32.2. The Balaban J connectivity index is 1.58. The summed E-state index contributed by atoms with van der Waals surface area (Å²) in [6, 6.07) is 3.92. The van der Waals surface area contributed by atoms with Crippen molar-refractivity contribution in [1.82, 2.24) is 15.3 Å². The maximum absolute atomic E-state index is 13.0. The zero-order valence-corrected chi connectivity index (χ0v) is 22.5. The highest BCUT2D eigenvalue weighted by molar-refractivity contribution is 7.92. The minimum Gasteiger partial charge on any atom is -0.383 e. The number of fused-ring (bicyclic) bond motifs is 1. The van der Waals surface area contributed by atoms with Crippen molar-refractivity contribution in [2.45, 2.75) is 70.5 Å². The van der Waals surface area contributed by atoms with E-state index in [2.05, 4.69) is 21.4 Å². The van der Waals surface area contributed by atoms with Gasteiger partial charge in [0.05, 0.1) is 10.9 Å². The zero-order valence-electron chi connectivity index (χ0n) is 21.7. The molecule has 8 heteroatoms. The molecule has 1 fully saturated rings. The molecule has 37 heavy (non-hydrogen) atoms. The smallest absolute Gasteiger partial charge is 0.248 e. The number of anilines is 1. The minimum atomic E-state index is -3.07. The lowest BCUT2D eigenvalue weighted by atomic mass is 9.95. The Morgan fingerprint density at radius 1 is 1.19 bits per heavy atom. The third-order valence-corrected chi connectivity index (χ3v) is 9.49. The van der Waals surface area contributed by atoms with Gasteiger partial charge in [-0.2, -0.15) is 0 Å². The second-order valence-electron chi connectivity index (χ2n) is 9.82. The number of carbonyl (C=O) groups excluding carboxylic acids is 1. The molecule has 1 amide bonds. The van der Waals surface area contributed by atoms with Crippen LogP contribution in [-0.2, 0) is 14.6 Å². The van der Waals surface area contributed by atoms with Crippen LogP contribution in [0.4, 0.5) is 5.82 Å². The molecule has 1 atom stereocenters. The average molecular weight is 521 g/mol. The number of sulfone groups is 1. The van der Waals surface area contributed by atoms with Crippen LogP contribution < -0.4 is 21.5 Å². The van der Waals surface area contributed by atoms with Crippen molar-refractivity contribution < 1.29 is 13.2 Å². The lowest BCUT2D eigenvalue weighted by molar-refractivity contribution is -0.115. The van der Waals surface area contributed by atoms with E-state index in [9.17, 15) is 13.2 Å². The molecule has 0 radical (unpaired) electrons. The van der Waals surface area contributed by atoms with Crippen molar-refractivity contribution in [2.24, 2.45) is 0 Å². The van der Waals surface area contributed by atoms with Crippen molar-refractivity contribution in [3.05, 3.63) is 63.9 Å². The number of aryl methyl sites for hydroxylation is 1. The highest BCUT2D eigenvalue weighted by Crippen LogP contribution is 2.26. The summed E-state index contributed by atoms with van der Waals surface area (Å²) in [5.74, 6) is 0.430. The topological polar surface area (TPSA) is 115 Å². The van der Waals surface area contributed by atoms with Gasteiger partial charge in [0, 0.05) is 40.7 Å². The number of hydrogen-bond acceptors (Lipinski definition) is 6. The Labute approximate surface area is 219 Å². The average Bonchev–Trinajstić information content (AvgIpc) is 2.83. The Hall–Kier alpha value is -3.26. The van der Waals surface area contributed by atoms with E-state index in [0.29, 0.717) is 30.8 Å². The van der Waals surface area contributed by atoms with Crippen molar-refractivity contribution in [3.63, 3.8) is 0 Å². The number of hydrogen-bond donors (Lipinski definition) is 2. The molecule has 1 saturated carbocycles. The van der Waals surface area contributed by atoms with E-state index in [1.165, 1.54) is 0 Å². The summed E-state index contributed by atoms with van der Waals surface area (Å²) in [5.41, 5.74) is 10.8. The van der Waals surface area contributed by atoms with E-state index < -0.39 is 9.84 Å². The van der Waals surface area contributed by atoms with E-state index in [0.717, 1.165) is 64.9 Å². The van der Waals surface area contributed by atoms with Crippen LogP contribution in [0.5, 0.6) is 0 Å². The van der Waals surface area contributed by atoms with Gasteiger partial charge in [0.2, 0.25) is 5.91 Å². The van der Waals surface area contributed by atoms with Crippen LogP contribution in [-0.4, -0.2) is 35.3 Å². The summed E-state index contributed by atoms with van der Waals surface area (Å²) in [5, 5.41) is 4.49. The Bertz CT molecular complexity index is 1460. The summed E-state index contributed by atoms with van der Waals surface area (Å²) in [6.07, 6.45) is 17.3. The molecule has 0 aliphatic heterocycles. The first kappa shape index (κ1) is 26.8. The van der Waals surface area contributed by atoms with Gasteiger partial charge in [-0.1, -0.05) is 31.1 Å². The maximum atomic E-state index is 13.0. The van der Waals surface area contributed by atoms with Gasteiger partial charge < -0.3 is 11.1 Å². The van der Waals surface area contributed by atoms with Crippen LogP contribution >= 0.6 is 0 Å². The molecule has 3 N–H and O–H groups in total. The summed E-state index contributed by atoms with van der Waals surface area (Å²) in [6.45, 7) is 3.72. The molecule has 2 aromatic heterocycles. The molecule has 2 aromatic rings. The van der Waals surface area contributed by atoms with Crippen molar-refractivity contribution in [3.8, 4) is 11.3 Å². The fraction of sp³-hybridized carbons (Fsp3) is 0.414. The number of nitrogens with two attached hydrogens (primary N) is 1. The third kappa shape index (κ3) is 6.74. The number of aromatic nitrogens is 2. The van der Waals surface area contributed by atoms with Gasteiger partial charge in [0.25, 0.3) is 0 Å². The molecular weight excluding hydrogens is 484 g/mol. The second kappa shape index (κ2) is 11.9. The molecule has 0 aromatic carbocycles. The van der Waals surface area contributed by atoms with E-state index in [1.54, 1.807) is 25.4 Å². The van der Waals surface area contributed by atoms with Gasteiger partial charge in [-0.3, -0.25) is 9.78 Å². The molecule has 4 rings (SSSR count). The first-order valence-electron chi connectivity index (χ1n) is 13.1. The van der Waals surface area contributed by atoms with Gasteiger partial charge in [-0.05, 0) is 80.9 Å². The Morgan fingerprint density at radius 3 is 2.78 bits per heavy atom. The van der Waals surface area contributed by atoms with Crippen LogP contribution in [0.15, 0.2) is 47.9 Å². The van der Waals surface area contributed by atoms with Crippen LogP contribution in [0.3, 0.4) is 0 Å². The van der Waals surface area contributed by atoms with E-state index in [1.807, 2.05) is 31.2 Å². The van der Waals surface area contributed by atoms with E-state index >= 15 is 0 Å². The summed E-state index contributed by atoms with van der Waals surface area (Å²) in [4.78, 5) is 21.9. The Kier molecular flexibility index (Phi) is 8.59. The minimum absolute atomic E-state index is 0.169. The lowest BCUT2D eigenvalue weighted by Gasteiger charge is -2.20. The van der Waals surface area contributed by atoms with E-state index in [-0.39, 0.29) is 16.9 Å². The van der Waals surface area contributed by atoms with Crippen LogP contribution in [0.25, 0.3) is 23.4 Å². The molecule has 0 spiro atoms. The number of rotatable bonds is 5. The van der Waals surface area contributed by atoms with Crippen LogP contribution in [0, 0.1) is 6.92 Å². The summed E-state index contributed by atoms with van der Waals surface area (Å²) < 4.78 is 24.8. The van der Waals surface area contributed by atoms with Crippen molar-refractivity contribution in [1.29, 1.82) is 0 Å². The normalized spacial score (nSPS) is 22.9. The summed E-state index contributed by atoms with van der Waals surface area (Å²) >= 11 is 0. The van der Waals surface area contributed by atoms with Gasteiger partial charge in [0.1, 0.15) is 5.82 Å². The molecule has 196 valence electrons. The van der Waals surface area contributed by atoms with Crippen LogP contribution in [0.2, 0.25) is 0 Å². The molecule has 2 aliphatic rings. The predicted octanol–water partition coefficient (Wildman–Crippen LogP) is 3.47. The molecule has 0 bridgehead atoms. The van der Waals surface area contributed by atoms with Gasteiger partial charge in [0.15, 0.2) is 9.84 Å².